The van der Waals surface area contributed by atoms with Gasteiger partial charge >= 0.3 is 29.0 Å². The summed E-state index contributed by atoms with van der Waals surface area (Å²) in [5.41, 5.74) is -2.78. The standard InChI is InChI=1S/C22H33N3O9S/c1-5-17(14-26)32-9-6-23-20(29)24(7-10-33-18(27)12-15(2)3)22(31)25(21(23)30)8-11-34-19(28)13-16(4)35/h15-16,35H,5-13H2,1-4H3. The number of carbonyl (C=O) groups excluding carboxylic acids is 3. The van der Waals surface area contributed by atoms with Crippen LogP contribution in [0.4, 0.5) is 0 Å². The molecule has 12 nitrogen and oxygen atoms in total. The normalized spacial score (nSPS) is 11.6. The van der Waals surface area contributed by atoms with Gasteiger partial charge in [-0.25, -0.2) is 32.9 Å². The van der Waals surface area contributed by atoms with Gasteiger partial charge in [0.1, 0.15) is 19.8 Å². The molecule has 0 saturated carbocycles. The van der Waals surface area contributed by atoms with Crippen LogP contribution in [-0.2, 0) is 48.2 Å². The summed E-state index contributed by atoms with van der Waals surface area (Å²) >= 11 is 4.11. The monoisotopic (exact) mass is 515 g/mol. The molecule has 0 fully saturated rings. The smallest absolute Gasteiger partial charge is 0.336 e. The second kappa shape index (κ2) is 15.0. The van der Waals surface area contributed by atoms with Crippen LogP contribution < -0.4 is 17.1 Å². The van der Waals surface area contributed by atoms with E-state index in [1.807, 2.05) is 13.8 Å². The highest BCUT2D eigenvalue weighted by atomic mass is 32.1. The Bertz CT molecular complexity index is 1030. The average Bonchev–Trinajstić information content (AvgIpc) is 2.77. The van der Waals surface area contributed by atoms with Crippen LogP contribution in [0.2, 0.25) is 0 Å². The molecule has 0 aromatic carbocycles. The molecular formula is C22H33N3O9S. The zero-order chi connectivity index (χ0) is 26.5. The Morgan fingerprint density at radius 1 is 0.800 bits per heavy atom. The number of nitrogens with zero attached hydrogens (tertiary/aromatic N) is 3. The molecule has 1 atom stereocenters. The van der Waals surface area contributed by atoms with Gasteiger partial charge < -0.3 is 14.2 Å². The third kappa shape index (κ3) is 9.99. The fourth-order valence-corrected chi connectivity index (χ4v) is 3.06. The van der Waals surface area contributed by atoms with Gasteiger partial charge in [0, 0.05) is 18.1 Å². The summed E-state index contributed by atoms with van der Waals surface area (Å²) in [6, 6.07) is 0. The molecule has 0 aliphatic carbocycles. The van der Waals surface area contributed by atoms with Gasteiger partial charge in [-0.1, -0.05) is 27.7 Å². The Hall–Kier alpha value is -3.05. The van der Waals surface area contributed by atoms with Crippen LogP contribution in [0, 0.1) is 5.92 Å². The van der Waals surface area contributed by atoms with Crippen LogP contribution in [0.25, 0.3) is 0 Å². The topological polar surface area (TPSA) is 145 Å². The van der Waals surface area contributed by atoms with E-state index in [2.05, 4.69) is 12.6 Å². The minimum absolute atomic E-state index is 0.0223. The van der Waals surface area contributed by atoms with Crippen molar-refractivity contribution >= 4 is 30.5 Å². The molecule has 1 heterocycles. The lowest BCUT2D eigenvalue weighted by Gasteiger charge is -2.15. The zero-order valence-electron chi connectivity index (χ0n) is 20.5. The van der Waals surface area contributed by atoms with E-state index in [4.69, 9.17) is 14.2 Å². The Labute approximate surface area is 207 Å². The van der Waals surface area contributed by atoms with Crippen LogP contribution in [-0.4, -0.2) is 56.7 Å². The van der Waals surface area contributed by atoms with E-state index in [0.717, 1.165) is 13.7 Å². The van der Waals surface area contributed by atoms with Crippen molar-refractivity contribution in [1.82, 2.24) is 13.7 Å². The first-order valence-corrected chi connectivity index (χ1v) is 11.8. The zero-order valence-corrected chi connectivity index (χ0v) is 21.4. The van der Waals surface area contributed by atoms with Crippen LogP contribution in [0.15, 0.2) is 20.1 Å². The molecule has 13 heteroatoms. The van der Waals surface area contributed by atoms with E-state index in [9.17, 15) is 28.8 Å². The van der Waals surface area contributed by atoms with Gasteiger partial charge in [-0.3, -0.25) is 9.59 Å². The van der Waals surface area contributed by atoms with Crippen molar-refractivity contribution in [2.45, 2.75) is 71.8 Å². The predicted octanol–water partition coefficient (Wildman–Crippen LogP) is 0.155. The second-order valence-electron chi connectivity index (χ2n) is 8.12. The number of allylic oxidation sites excluding steroid dienone is 1. The fraction of sp³-hybridized carbons (Fsp3) is 0.682. The highest BCUT2D eigenvalue weighted by Gasteiger charge is 2.17. The summed E-state index contributed by atoms with van der Waals surface area (Å²) in [7, 11) is 0. The SMILES string of the molecule is CCC(=C=O)OCCn1c(=O)n(CCOC(=O)CC(C)C)c(=O)n(CCOC(=O)CC(C)S)c1=O. The van der Waals surface area contributed by atoms with E-state index in [1.165, 1.54) is 0 Å². The number of aromatic nitrogens is 3. The number of ether oxygens (including phenoxy) is 3. The van der Waals surface area contributed by atoms with Crippen LogP contribution in [0.3, 0.4) is 0 Å². The molecule has 0 bridgehead atoms. The first-order chi connectivity index (χ1) is 16.5. The summed E-state index contributed by atoms with van der Waals surface area (Å²) < 4.78 is 17.6. The third-order valence-electron chi connectivity index (χ3n) is 4.60. The molecule has 0 saturated heterocycles. The molecule has 1 rings (SSSR count). The maximum absolute atomic E-state index is 12.9. The molecule has 0 N–H and O–H groups in total. The number of esters is 2. The molecule has 0 amide bonds. The van der Waals surface area contributed by atoms with Gasteiger partial charge in [-0.05, 0) is 5.92 Å². The molecule has 1 aromatic rings. The molecule has 0 spiro atoms. The fourth-order valence-electron chi connectivity index (χ4n) is 2.91. The van der Waals surface area contributed by atoms with Crippen molar-refractivity contribution in [3.63, 3.8) is 0 Å². The van der Waals surface area contributed by atoms with Gasteiger partial charge in [-0.15, -0.1) is 0 Å². The van der Waals surface area contributed by atoms with Crippen molar-refractivity contribution < 1.29 is 28.6 Å². The van der Waals surface area contributed by atoms with Crippen molar-refractivity contribution in [3.8, 4) is 0 Å². The first-order valence-electron chi connectivity index (χ1n) is 11.3. The van der Waals surface area contributed by atoms with E-state index in [-0.39, 0.29) is 75.6 Å². The minimum atomic E-state index is -0.933. The molecule has 1 unspecified atom stereocenters. The Kier molecular flexibility index (Phi) is 12.9. The number of hydrogen-bond donors (Lipinski definition) is 1. The quantitative estimate of drug-likeness (QED) is 0.149. The Morgan fingerprint density at radius 3 is 1.54 bits per heavy atom. The predicted molar refractivity (Wildman–Crippen MR) is 129 cm³/mol. The number of thiol groups is 1. The van der Waals surface area contributed by atoms with Gasteiger partial charge in [0.05, 0.1) is 26.1 Å². The molecule has 0 aliphatic heterocycles. The van der Waals surface area contributed by atoms with Crippen molar-refractivity contribution in [3.05, 3.63) is 37.2 Å². The summed E-state index contributed by atoms with van der Waals surface area (Å²) in [6.07, 6.45) is 0.501. The van der Waals surface area contributed by atoms with Crippen LogP contribution in [0.1, 0.15) is 47.0 Å². The van der Waals surface area contributed by atoms with Gasteiger partial charge in [-0.2, -0.15) is 12.6 Å². The lowest BCUT2D eigenvalue weighted by atomic mass is 10.1. The van der Waals surface area contributed by atoms with Crippen molar-refractivity contribution in [2.75, 3.05) is 19.8 Å². The van der Waals surface area contributed by atoms with E-state index in [0.29, 0.717) is 0 Å². The highest BCUT2D eigenvalue weighted by Crippen LogP contribution is 2.02. The van der Waals surface area contributed by atoms with Crippen LogP contribution in [0.5, 0.6) is 0 Å². The van der Waals surface area contributed by atoms with E-state index >= 15 is 0 Å². The Balaban J connectivity index is 3.17. The van der Waals surface area contributed by atoms with Gasteiger partial charge in [0.25, 0.3) is 0 Å². The number of rotatable bonds is 15. The molecule has 0 aliphatic rings. The molecule has 1 aromatic heterocycles. The lowest BCUT2D eigenvalue weighted by molar-refractivity contribution is -0.145. The lowest BCUT2D eigenvalue weighted by Crippen LogP contribution is -2.55. The number of hydrogen-bond acceptors (Lipinski definition) is 10. The van der Waals surface area contributed by atoms with Crippen LogP contribution >= 0.6 is 12.6 Å². The minimum Gasteiger partial charge on any atom is -0.485 e. The second-order valence-corrected chi connectivity index (χ2v) is 9.00. The summed E-state index contributed by atoms with van der Waals surface area (Å²) in [5.74, 6) is 0.689. The first kappa shape index (κ1) is 30.0. The largest absolute Gasteiger partial charge is 0.485 e. The molecule has 196 valence electrons. The summed E-state index contributed by atoms with van der Waals surface area (Å²) in [5, 5.41) is -0.226. The van der Waals surface area contributed by atoms with Crippen molar-refractivity contribution in [1.29, 1.82) is 0 Å². The van der Waals surface area contributed by atoms with E-state index < -0.39 is 29.0 Å². The molecule has 0 radical (unpaired) electrons. The maximum Gasteiger partial charge on any atom is 0.336 e. The van der Waals surface area contributed by atoms with Gasteiger partial charge in [0.15, 0.2) is 11.7 Å². The third-order valence-corrected chi connectivity index (χ3v) is 4.79. The summed E-state index contributed by atoms with van der Waals surface area (Å²) in [4.78, 5) is 73.0. The van der Waals surface area contributed by atoms with Crippen molar-refractivity contribution in [2.24, 2.45) is 5.92 Å². The summed E-state index contributed by atoms with van der Waals surface area (Å²) in [6.45, 7) is 5.52. The maximum atomic E-state index is 12.9. The highest BCUT2D eigenvalue weighted by molar-refractivity contribution is 7.80. The molecular weight excluding hydrogens is 482 g/mol. The Morgan fingerprint density at radius 2 is 1.20 bits per heavy atom. The molecule has 35 heavy (non-hydrogen) atoms. The van der Waals surface area contributed by atoms with E-state index in [1.54, 1.807) is 19.8 Å². The van der Waals surface area contributed by atoms with Gasteiger partial charge in [0.2, 0.25) is 0 Å². The number of carbonyl (C=O) groups is 2. The average molecular weight is 516 g/mol.